The van der Waals surface area contributed by atoms with E-state index in [1.807, 2.05) is 4.90 Å². The number of hydrogen-bond donors (Lipinski definition) is 1. The summed E-state index contributed by atoms with van der Waals surface area (Å²) in [5.41, 5.74) is 1.20. The number of carbonyl (C=O) groups is 1. The fourth-order valence-corrected chi connectivity index (χ4v) is 4.41. The second-order valence-electron chi connectivity index (χ2n) is 6.17. The van der Waals surface area contributed by atoms with Crippen LogP contribution in [-0.2, 0) is 0 Å². The number of hydrogen-bond acceptors (Lipinski definition) is 3. The van der Waals surface area contributed by atoms with Crippen molar-refractivity contribution in [2.75, 3.05) is 5.32 Å². The largest absolute Gasteiger partial charge is 0.324 e. The third-order valence-electron chi connectivity index (χ3n) is 4.68. The van der Waals surface area contributed by atoms with Gasteiger partial charge >= 0.3 is 6.03 Å². The second-order valence-corrected chi connectivity index (χ2v) is 7.83. The Morgan fingerprint density at radius 1 is 1.32 bits per heavy atom. The summed E-state index contributed by atoms with van der Waals surface area (Å²) < 4.78 is 0.588. The Hall–Kier alpha value is -1.07. The van der Waals surface area contributed by atoms with Crippen LogP contribution in [0.3, 0.4) is 0 Å². The molecule has 0 radical (unpaired) electrons. The summed E-state index contributed by atoms with van der Waals surface area (Å²) >= 11 is 7.20. The fraction of sp³-hybridized carbons (Fsp3) is 0.625. The standard InChI is InChI=1S/C16H22ClN3OS/c1-11-6-2-5-9-13(11)20(12-7-3-4-8-12)16(21)19-15-18-10-14(17)22-15/h10,12-13H,1-9H2,(H,18,19,21). The summed E-state index contributed by atoms with van der Waals surface area (Å²) in [4.78, 5) is 19.0. The predicted molar refractivity (Wildman–Crippen MR) is 91.6 cm³/mol. The van der Waals surface area contributed by atoms with Gasteiger partial charge in [-0.1, -0.05) is 54.4 Å². The number of anilines is 1. The third-order valence-corrected chi connectivity index (χ3v) is 5.71. The van der Waals surface area contributed by atoms with Gasteiger partial charge in [0.05, 0.1) is 12.2 Å². The maximum absolute atomic E-state index is 12.9. The van der Waals surface area contributed by atoms with E-state index in [0.717, 1.165) is 25.7 Å². The molecule has 0 saturated heterocycles. The van der Waals surface area contributed by atoms with Crippen molar-refractivity contribution in [1.29, 1.82) is 0 Å². The maximum atomic E-state index is 12.9. The highest BCUT2D eigenvalue weighted by Crippen LogP contribution is 2.34. The van der Waals surface area contributed by atoms with Crippen LogP contribution >= 0.6 is 22.9 Å². The van der Waals surface area contributed by atoms with Crippen LogP contribution in [0.1, 0.15) is 51.4 Å². The van der Waals surface area contributed by atoms with Gasteiger partial charge in [-0.2, -0.15) is 0 Å². The van der Waals surface area contributed by atoms with Crippen LogP contribution in [0.15, 0.2) is 18.3 Å². The SMILES string of the molecule is C=C1CCCCC1N(C(=O)Nc1ncc(Cl)s1)C1CCCC1. The Balaban J connectivity index is 1.77. The van der Waals surface area contributed by atoms with Gasteiger partial charge < -0.3 is 4.90 Å². The van der Waals surface area contributed by atoms with E-state index < -0.39 is 0 Å². The Kier molecular flexibility index (Phi) is 5.03. The molecule has 0 aromatic carbocycles. The van der Waals surface area contributed by atoms with Crippen molar-refractivity contribution < 1.29 is 4.79 Å². The number of rotatable bonds is 3. The molecule has 1 unspecified atom stereocenters. The zero-order chi connectivity index (χ0) is 15.5. The van der Waals surface area contributed by atoms with Gasteiger partial charge in [-0.25, -0.2) is 9.78 Å². The molecule has 2 aliphatic rings. The lowest BCUT2D eigenvalue weighted by atomic mass is 9.89. The average molecular weight is 340 g/mol. The smallest absolute Gasteiger partial charge is 0.315 e. The van der Waals surface area contributed by atoms with Crippen LogP contribution in [0.5, 0.6) is 0 Å². The van der Waals surface area contributed by atoms with E-state index >= 15 is 0 Å². The molecule has 1 atom stereocenters. The van der Waals surface area contributed by atoms with Gasteiger partial charge in [0.1, 0.15) is 4.34 Å². The monoisotopic (exact) mass is 339 g/mol. The van der Waals surface area contributed by atoms with Crippen LogP contribution in [0, 0.1) is 0 Å². The molecule has 120 valence electrons. The normalized spacial score (nSPS) is 22.8. The first-order valence-corrected chi connectivity index (χ1v) is 9.23. The minimum absolute atomic E-state index is 0.0500. The molecular weight excluding hydrogens is 318 g/mol. The molecule has 1 aromatic heterocycles. The lowest BCUT2D eigenvalue weighted by Crippen LogP contribution is -2.49. The number of carbonyl (C=O) groups excluding carboxylic acids is 1. The maximum Gasteiger partial charge on any atom is 0.324 e. The molecule has 2 saturated carbocycles. The number of urea groups is 1. The van der Waals surface area contributed by atoms with Crippen LogP contribution in [0.25, 0.3) is 0 Å². The molecule has 3 rings (SSSR count). The van der Waals surface area contributed by atoms with Gasteiger partial charge in [0.25, 0.3) is 0 Å². The first kappa shape index (κ1) is 15.8. The van der Waals surface area contributed by atoms with Crippen molar-refractivity contribution in [2.45, 2.75) is 63.5 Å². The van der Waals surface area contributed by atoms with Crippen molar-refractivity contribution >= 4 is 34.1 Å². The van der Waals surface area contributed by atoms with E-state index in [4.69, 9.17) is 11.6 Å². The number of amides is 2. The summed E-state index contributed by atoms with van der Waals surface area (Å²) in [6.45, 7) is 4.23. The molecule has 6 heteroatoms. The Morgan fingerprint density at radius 2 is 2.05 bits per heavy atom. The van der Waals surface area contributed by atoms with Crippen LogP contribution in [0.2, 0.25) is 4.34 Å². The van der Waals surface area contributed by atoms with Gasteiger partial charge in [-0.05, 0) is 32.1 Å². The summed E-state index contributed by atoms with van der Waals surface area (Å²) in [5.74, 6) is 0. The highest BCUT2D eigenvalue weighted by Gasteiger charge is 2.35. The number of nitrogens with zero attached hydrogens (tertiary/aromatic N) is 2. The quantitative estimate of drug-likeness (QED) is 0.781. The van der Waals surface area contributed by atoms with Crippen molar-refractivity contribution in [3.63, 3.8) is 0 Å². The van der Waals surface area contributed by atoms with Crippen LogP contribution in [0.4, 0.5) is 9.93 Å². The minimum Gasteiger partial charge on any atom is -0.315 e. The average Bonchev–Trinajstić information content (AvgIpc) is 3.14. The first-order valence-electron chi connectivity index (χ1n) is 8.03. The van der Waals surface area contributed by atoms with E-state index in [2.05, 4.69) is 16.9 Å². The lowest BCUT2D eigenvalue weighted by Gasteiger charge is -2.39. The summed E-state index contributed by atoms with van der Waals surface area (Å²) in [6, 6.07) is 0.452. The molecule has 1 aromatic rings. The van der Waals surface area contributed by atoms with Gasteiger partial charge in [0.2, 0.25) is 0 Å². The third kappa shape index (κ3) is 3.46. The molecule has 4 nitrogen and oxygen atoms in total. The first-order chi connectivity index (χ1) is 10.6. The van der Waals surface area contributed by atoms with Gasteiger partial charge in [0.15, 0.2) is 5.13 Å². The van der Waals surface area contributed by atoms with Crippen molar-refractivity contribution in [3.05, 3.63) is 22.7 Å². The topological polar surface area (TPSA) is 45.2 Å². The summed E-state index contributed by atoms with van der Waals surface area (Å²) in [5, 5.41) is 3.50. The van der Waals surface area contributed by atoms with Crippen molar-refractivity contribution in [3.8, 4) is 0 Å². The van der Waals surface area contributed by atoms with Gasteiger partial charge in [0, 0.05) is 6.04 Å². The number of thiazole rings is 1. The zero-order valence-electron chi connectivity index (χ0n) is 12.7. The molecule has 1 N–H and O–H groups in total. The Morgan fingerprint density at radius 3 is 2.68 bits per heavy atom. The number of aromatic nitrogens is 1. The van der Waals surface area contributed by atoms with Crippen molar-refractivity contribution in [1.82, 2.24) is 9.88 Å². The molecule has 0 spiro atoms. The lowest BCUT2D eigenvalue weighted by molar-refractivity contribution is 0.156. The number of nitrogens with one attached hydrogen (secondary N) is 1. The minimum atomic E-state index is -0.0500. The van der Waals surface area contributed by atoms with Crippen molar-refractivity contribution in [2.24, 2.45) is 0 Å². The van der Waals surface area contributed by atoms with Gasteiger partial charge in [-0.15, -0.1) is 0 Å². The molecule has 0 bridgehead atoms. The molecular formula is C16H22ClN3OS. The van der Waals surface area contributed by atoms with E-state index in [1.165, 1.54) is 42.6 Å². The second kappa shape index (κ2) is 7.01. The Bertz CT molecular complexity index is 553. The molecule has 2 amide bonds. The molecule has 2 fully saturated rings. The van der Waals surface area contributed by atoms with E-state index in [1.54, 1.807) is 6.20 Å². The fourth-order valence-electron chi connectivity index (χ4n) is 3.61. The van der Waals surface area contributed by atoms with E-state index in [9.17, 15) is 4.79 Å². The van der Waals surface area contributed by atoms with E-state index in [0.29, 0.717) is 15.5 Å². The molecule has 22 heavy (non-hydrogen) atoms. The summed E-state index contributed by atoms with van der Waals surface area (Å²) in [7, 11) is 0. The highest BCUT2D eigenvalue weighted by atomic mass is 35.5. The molecule has 1 heterocycles. The van der Waals surface area contributed by atoms with E-state index in [-0.39, 0.29) is 12.1 Å². The van der Waals surface area contributed by atoms with Crippen LogP contribution < -0.4 is 5.32 Å². The highest BCUT2D eigenvalue weighted by molar-refractivity contribution is 7.19. The summed E-state index contributed by atoms with van der Waals surface area (Å²) in [6.07, 6.45) is 10.6. The predicted octanol–water partition coefficient (Wildman–Crippen LogP) is 5.07. The number of halogens is 1. The zero-order valence-corrected chi connectivity index (χ0v) is 14.3. The molecule has 0 aliphatic heterocycles. The van der Waals surface area contributed by atoms with Gasteiger partial charge in [-0.3, -0.25) is 5.32 Å². The van der Waals surface area contributed by atoms with Crippen LogP contribution in [-0.4, -0.2) is 28.0 Å². The Labute approximate surface area is 140 Å². The molecule has 2 aliphatic carbocycles.